The quantitative estimate of drug-likeness (QED) is 0.805. The van der Waals surface area contributed by atoms with Crippen LogP contribution in [0.2, 0.25) is 5.02 Å². The highest BCUT2D eigenvalue weighted by Crippen LogP contribution is 2.21. The molecule has 0 amide bonds. The number of nitrogen functional groups attached to an aromatic ring is 1. The minimum Gasteiger partial charge on any atom is -0.393 e. The molecule has 0 radical (unpaired) electrons. The summed E-state index contributed by atoms with van der Waals surface area (Å²) in [6.07, 6.45) is 1.78. The molecule has 5 nitrogen and oxygen atoms in total. The van der Waals surface area contributed by atoms with Gasteiger partial charge < -0.3 is 15.7 Å². The summed E-state index contributed by atoms with van der Waals surface area (Å²) in [5.74, 6) is 0.781. The Hall–Kier alpha value is -1.07. The van der Waals surface area contributed by atoms with E-state index in [0.717, 1.165) is 0 Å². The first-order valence-electron chi connectivity index (χ1n) is 4.68. The van der Waals surface area contributed by atoms with Gasteiger partial charge in [-0.2, -0.15) is 4.98 Å². The minimum absolute atomic E-state index is 0.193. The van der Waals surface area contributed by atoms with Crippen molar-refractivity contribution in [3.8, 4) is 0 Å². The summed E-state index contributed by atoms with van der Waals surface area (Å²) in [7, 11) is 1.84. The highest BCUT2D eigenvalue weighted by Gasteiger charge is 2.09. The Bertz CT molecular complexity index is 332. The van der Waals surface area contributed by atoms with Crippen LogP contribution < -0.4 is 10.6 Å². The van der Waals surface area contributed by atoms with Crippen molar-refractivity contribution in [1.82, 2.24) is 9.97 Å². The first-order valence-corrected chi connectivity index (χ1v) is 5.05. The zero-order valence-corrected chi connectivity index (χ0v) is 9.57. The van der Waals surface area contributed by atoms with Crippen molar-refractivity contribution < 1.29 is 5.11 Å². The fraction of sp³-hybridized carbons (Fsp3) is 0.556. The molecule has 15 heavy (non-hydrogen) atoms. The molecule has 0 fully saturated rings. The van der Waals surface area contributed by atoms with Crippen LogP contribution in [-0.4, -0.2) is 34.8 Å². The highest BCUT2D eigenvalue weighted by molar-refractivity contribution is 6.32. The molecule has 84 valence electrons. The summed E-state index contributed by atoms with van der Waals surface area (Å²) in [5.41, 5.74) is 5.46. The van der Waals surface area contributed by atoms with Gasteiger partial charge in [-0.1, -0.05) is 11.6 Å². The lowest BCUT2D eigenvalue weighted by Gasteiger charge is -2.19. The van der Waals surface area contributed by atoms with Gasteiger partial charge in [0.2, 0.25) is 5.95 Å². The van der Waals surface area contributed by atoms with E-state index in [-0.39, 0.29) is 12.1 Å². The van der Waals surface area contributed by atoms with E-state index in [1.165, 1.54) is 6.20 Å². The third-order valence-corrected chi connectivity index (χ3v) is 2.25. The molecule has 0 spiro atoms. The zero-order valence-electron chi connectivity index (χ0n) is 8.81. The van der Waals surface area contributed by atoms with Gasteiger partial charge in [0, 0.05) is 13.6 Å². The maximum Gasteiger partial charge on any atom is 0.222 e. The number of rotatable bonds is 4. The van der Waals surface area contributed by atoms with E-state index in [1.54, 1.807) is 6.92 Å². The lowest BCUT2D eigenvalue weighted by atomic mass is 10.3. The normalized spacial score (nSPS) is 12.5. The van der Waals surface area contributed by atoms with Gasteiger partial charge >= 0.3 is 0 Å². The van der Waals surface area contributed by atoms with E-state index in [4.69, 9.17) is 22.4 Å². The van der Waals surface area contributed by atoms with Gasteiger partial charge in [0.1, 0.15) is 5.02 Å². The topological polar surface area (TPSA) is 75.3 Å². The van der Waals surface area contributed by atoms with Crippen molar-refractivity contribution in [2.24, 2.45) is 0 Å². The van der Waals surface area contributed by atoms with Crippen LogP contribution in [0, 0.1) is 0 Å². The summed E-state index contributed by atoms with van der Waals surface area (Å²) >= 11 is 5.92. The maximum atomic E-state index is 9.15. The van der Waals surface area contributed by atoms with Gasteiger partial charge in [-0.15, -0.1) is 0 Å². The molecule has 6 heteroatoms. The first kappa shape index (κ1) is 12.0. The van der Waals surface area contributed by atoms with E-state index in [9.17, 15) is 0 Å². The zero-order chi connectivity index (χ0) is 11.4. The van der Waals surface area contributed by atoms with Crippen LogP contribution >= 0.6 is 11.6 Å². The predicted octanol–water partition coefficient (Wildman–Crippen LogP) is 0.919. The molecule has 1 aromatic heterocycles. The molecule has 1 aromatic rings. The number of aliphatic hydroxyl groups excluding tert-OH is 1. The third-order valence-electron chi connectivity index (χ3n) is 1.99. The molecule has 1 heterocycles. The number of anilines is 2. The van der Waals surface area contributed by atoms with Gasteiger partial charge in [0.05, 0.1) is 12.3 Å². The molecular weight excluding hydrogens is 216 g/mol. The van der Waals surface area contributed by atoms with Gasteiger partial charge in [-0.3, -0.25) is 0 Å². The number of halogens is 1. The number of hydrogen-bond acceptors (Lipinski definition) is 5. The van der Waals surface area contributed by atoms with Crippen molar-refractivity contribution in [1.29, 1.82) is 0 Å². The van der Waals surface area contributed by atoms with E-state index < -0.39 is 0 Å². The van der Waals surface area contributed by atoms with Gasteiger partial charge in [-0.25, -0.2) is 4.98 Å². The average Bonchev–Trinajstić information content (AvgIpc) is 2.18. The number of nitrogens with two attached hydrogens (primary N) is 1. The number of aliphatic hydroxyl groups is 1. The minimum atomic E-state index is -0.342. The van der Waals surface area contributed by atoms with Crippen LogP contribution in [0.4, 0.5) is 11.8 Å². The number of aromatic nitrogens is 2. The van der Waals surface area contributed by atoms with Crippen molar-refractivity contribution >= 4 is 23.4 Å². The molecule has 1 rings (SSSR count). The summed E-state index contributed by atoms with van der Waals surface area (Å²) in [6.45, 7) is 2.40. The van der Waals surface area contributed by atoms with Crippen LogP contribution in [0.15, 0.2) is 6.20 Å². The molecule has 0 aliphatic rings. The standard InChI is InChI=1S/C9H15ClN4O/c1-6(15)3-4-14(2)8-7(10)5-12-9(11)13-8/h5-6,15H,3-4H2,1-2H3,(H2,11,12,13). The van der Waals surface area contributed by atoms with Crippen molar-refractivity contribution in [3.63, 3.8) is 0 Å². The van der Waals surface area contributed by atoms with Crippen LogP contribution in [0.25, 0.3) is 0 Å². The smallest absolute Gasteiger partial charge is 0.222 e. The fourth-order valence-electron chi connectivity index (χ4n) is 1.13. The molecule has 0 saturated carbocycles. The van der Waals surface area contributed by atoms with Crippen molar-refractivity contribution in [2.45, 2.75) is 19.4 Å². The van der Waals surface area contributed by atoms with E-state index in [0.29, 0.717) is 23.8 Å². The summed E-state index contributed by atoms with van der Waals surface area (Å²) in [5, 5.41) is 9.61. The third kappa shape index (κ3) is 3.53. The van der Waals surface area contributed by atoms with Crippen molar-refractivity contribution in [3.05, 3.63) is 11.2 Å². The molecular formula is C9H15ClN4O. The SMILES string of the molecule is CC(O)CCN(C)c1nc(N)ncc1Cl. The molecule has 0 aliphatic heterocycles. The van der Waals surface area contributed by atoms with Gasteiger partial charge in [-0.05, 0) is 13.3 Å². The molecule has 0 saturated heterocycles. The Balaban J connectivity index is 2.72. The lowest BCUT2D eigenvalue weighted by Crippen LogP contribution is -2.23. The first-order chi connectivity index (χ1) is 7.00. The Kier molecular flexibility index (Phi) is 4.11. The monoisotopic (exact) mass is 230 g/mol. The van der Waals surface area contributed by atoms with E-state index in [1.807, 2.05) is 11.9 Å². The number of hydrogen-bond donors (Lipinski definition) is 2. The summed E-state index contributed by atoms with van der Waals surface area (Å²) < 4.78 is 0. The molecule has 1 atom stereocenters. The molecule has 1 unspecified atom stereocenters. The largest absolute Gasteiger partial charge is 0.393 e. The van der Waals surface area contributed by atoms with Crippen LogP contribution in [0.1, 0.15) is 13.3 Å². The average molecular weight is 231 g/mol. The van der Waals surface area contributed by atoms with Gasteiger partial charge in [0.25, 0.3) is 0 Å². The van der Waals surface area contributed by atoms with Gasteiger partial charge in [0.15, 0.2) is 5.82 Å². The molecule has 3 N–H and O–H groups in total. The lowest BCUT2D eigenvalue weighted by molar-refractivity contribution is 0.187. The Morgan fingerprint density at radius 2 is 2.33 bits per heavy atom. The van der Waals surface area contributed by atoms with E-state index in [2.05, 4.69) is 9.97 Å². The van der Waals surface area contributed by atoms with E-state index >= 15 is 0 Å². The number of nitrogens with zero attached hydrogens (tertiary/aromatic N) is 3. The second-order valence-electron chi connectivity index (χ2n) is 3.46. The molecule has 0 aliphatic carbocycles. The van der Waals surface area contributed by atoms with Crippen LogP contribution in [0.3, 0.4) is 0 Å². The maximum absolute atomic E-state index is 9.15. The molecule has 0 bridgehead atoms. The summed E-state index contributed by atoms with van der Waals surface area (Å²) in [4.78, 5) is 9.65. The molecule has 0 aromatic carbocycles. The summed E-state index contributed by atoms with van der Waals surface area (Å²) in [6, 6.07) is 0. The Morgan fingerprint density at radius 3 is 2.93 bits per heavy atom. The van der Waals surface area contributed by atoms with Crippen molar-refractivity contribution in [2.75, 3.05) is 24.2 Å². The highest BCUT2D eigenvalue weighted by atomic mass is 35.5. The predicted molar refractivity (Wildman–Crippen MR) is 61.0 cm³/mol. The second kappa shape index (κ2) is 5.14. The Morgan fingerprint density at radius 1 is 1.67 bits per heavy atom. The van der Waals surface area contributed by atoms with Crippen LogP contribution in [0.5, 0.6) is 0 Å². The van der Waals surface area contributed by atoms with Crippen LogP contribution in [-0.2, 0) is 0 Å². The second-order valence-corrected chi connectivity index (χ2v) is 3.87. The Labute approximate surface area is 93.9 Å². The fourth-order valence-corrected chi connectivity index (χ4v) is 1.36.